The van der Waals surface area contributed by atoms with E-state index in [1.807, 2.05) is 12.1 Å². The quantitative estimate of drug-likeness (QED) is 0.835. The predicted molar refractivity (Wildman–Crippen MR) is 73.0 cm³/mol. The first kappa shape index (κ1) is 13.3. The minimum atomic E-state index is 0.219. The van der Waals surface area contributed by atoms with Gasteiger partial charge in [-0.05, 0) is 30.5 Å². The van der Waals surface area contributed by atoms with Crippen LogP contribution in [0.5, 0.6) is 0 Å². The molecule has 0 unspecified atom stereocenters. The van der Waals surface area contributed by atoms with Crippen molar-refractivity contribution in [3.63, 3.8) is 0 Å². The fourth-order valence-electron chi connectivity index (χ4n) is 2.79. The number of rotatable bonds is 5. The Labute approximate surface area is 109 Å². The van der Waals surface area contributed by atoms with E-state index in [0.717, 1.165) is 13.1 Å². The minimum Gasteiger partial charge on any atom is -0.395 e. The lowest BCUT2D eigenvalue weighted by Crippen LogP contribution is -2.38. The zero-order valence-electron chi connectivity index (χ0n) is 10.9. The van der Waals surface area contributed by atoms with Gasteiger partial charge >= 0.3 is 0 Å². The van der Waals surface area contributed by atoms with Crippen LogP contribution in [0.2, 0.25) is 0 Å². The maximum Gasteiger partial charge on any atom is 0.123 e. The summed E-state index contributed by atoms with van der Waals surface area (Å²) >= 11 is 0. The highest BCUT2D eigenvalue weighted by atomic mass is 16.3. The second-order valence-corrected chi connectivity index (χ2v) is 5.07. The molecule has 1 aromatic rings. The normalized spacial score (nSPS) is 17.2. The van der Waals surface area contributed by atoms with Gasteiger partial charge in [0.25, 0.3) is 0 Å². The van der Waals surface area contributed by atoms with Crippen LogP contribution in [0.4, 0.5) is 5.82 Å². The van der Waals surface area contributed by atoms with Crippen molar-refractivity contribution in [2.24, 2.45) is 0 Å². The summed E-state index contributed by atoms with van der Waals surface area (Å²) in [4.78, 5) is 6.40. The number of nitrogens with zero attached hydrogens (tertiary/aromatic N) is 2. The number of nitrogen functional groups attached to an aromatic ring is 1. The van der Waals surface area contributed by atoms with Crippen LogP contribution in [0.3, 0.4) is 0 Å². The maximum atomic E-state index is 9.22. The average Bonchev–Trinajstić information content (AvgIpc) is 2.39. The van der Waals surface area contributed by atoms with Crippen LogP contribution in [-0.2, 0) is 6.54 Å². The van der Waals surface area contributed by atoms with Crippen LogP contribution in [0.1, 0.15) is 37.7 Å². The Morgan fingerprint density at radius 3 is 2.78 bits per heavy atom. The van der Waals surface area contributed by atoms with Crippen LogP contribution >= 0.6 is 0 Å². The Morgan fingerprint density at radius 2 is 2.11 bits per heavy atom. The van der Waals surface area contributed by atoms with Crippen molar-refractivity contribution in [3.8, 4) is 0 Å². The van der Waals surface area contributed by atoms with Crippen molar-refractivity contribution >= 4 is 5.82 Å². The zero-order chi connectivity index (χ0) is 12.8. The first-order chi connectivity index (χ1) is 8.79. The van der Waals surface area contributed by atoms with Gasteiger partial charge in [0.05, 0.1) is 6.61 Å². The monoisotopic (exact) mass is 249 g/mol. The van der Waals surface area contributed by atoms with Crippen molar-refractivity contribution in [3.05, 3.63) is 23.9 Å². The number of hydrogen-bond acceptors (Lipinski definition) is 4. The molecule has 0 spiro atoms. The Bertz CT molecular complexity index is 364. The Hall–Kier alpha value is -1.13. The summed E-state index contributed by atoms with van der Waals surface area (Å²) in [6.07, 6.45) is 8.23. The van der Waals surface area contributed by atoms with E-state index in [0.29, 0.717) is 11.9 Å². The Kier molecular flexibility index (Phi) is 4.96. The summed E-state index contributed by atoms with van der Waals surface area (Å²) in [7, 11) is 0. The topological polar surface area (TPSA) is 62.4 Å². The fourth-order valence-corrected chi connectivity index (χ4v) is 2.79. The maximum absolute atomic E-state index is 9.22. The molecule has 3 N–H and O–H groups in total. The molecular formula is C14H23N3O. The van der Waals surface area contributed by atoms with E-state index >= 15 is 0 Å². The van der Waals surface area contributed by atoms with Crippen LogP contribution in [0.15, 0.2) is 18.3 Å². The van der Waals surface area contributed by atoms with E-state index in [9.17, 15) is 5.11 Å². The van der Waals surface area contributed by atoms with Crippen molar-refractivity contribution in [2.45, 2.75) is 44.7 Å². The number of aliphatic hydroxyl groups excluding tert-OH is 1. The first-order valence-electron chi connectivity index (χ1n) is 6.85. The summed E-state index contributed by atoms with van der Waals surface area (Å²) in [6.45, 7) is 1.82. The van der Waals surface area contributed by atoms with Gasteiger partial charge in [0.15, 0.2) is 0 Å². The molecule has 1 heterocycles. The summed E-state index contributed by atoms with van der Waals surface area (Å²) < 4.78 is 0. The molecule has 4 nitrogen and oxygen atoms in total. The SMILES string of the molecule is Nc1cc(CN(CCO)C2CCCCC2)ccn1. The zero-order valence-corrected chi connectivity index (χ0v) is 10.9. The molecule has 2 rings (SSSR count). The smallest absolute Gasteiger partial charge is 0.123 e. The van der Waals surface area contributed by atoms with Gasteiger partial charge in [0, 0.05) is 25.3 Å². The van der Waals surface area contributed by atoms with Crippen LogP contribution in [0.25, 0.3) is 0 Å². The highest BCUT2D eigenvalue weighted by Crippen LogP contribution is 2.23. The predicted octanol–water partition coefficient (Wildman–Crippen LogP) is 1.79. The highest BCUT2D eigenvalue weighted by molar-refractivity contribution is 5.31. The van der Waals surface area contributed by atoms with E-state index in [4.69, 9.17) is 5.73 Å². The van der Waals surface area contributed by atoms with E-state index in [1.54, 1.807) is 6.20 Å². The van der Waals surface area contributed by atoms with E-state index < -0.39 is 0 Å². The van der Waals surface area contributed by atoms with Gasteiger partial charge in [0.1, 0.15) is 5.82 Å². The molecule has 0 saturated heterocycles. The average molecular weight is 249 g/mol. The number of pyridine rings is 1. The van der Waals surface area contributed by atoms with E-state index in [-0.39, 0.29) is 6.61 Å². The molecule has 100 valence electrons. The molecule has 4 heteroatoms. The van der Waals surface area contributed by atoms with Gasteiger partial charge in [0.2, 0.25) is 0 Å². The fraction of sp³-hybridized carbons (Fsp3) is 0.643. The first-order valence-corrected chi connectivity index (χ1v) is 6.85. The van der Waals surface area contributed by atoms with Crippen molar-refractivity contribution in [2.75, 3.05) is 18.9 Å². The summed E-state index contributed by atoms with van der Waals surface area (Å²) in [5.41, 5.74) is 6.89. The van der Waals surface area contributed by atoms with Crippen LogP contribution in [0, 0.1) is 0 Å². The molecule has 1 aliphatic carbocycles. The van der Waals surface area contributed by atoms with Crippen molar-refractivity contribution in [1.29, 1.82) is 0 Å². The molecule has 0 amide bonds. The third-order valence-electron chi connectivity index (χ3n) is 3.71. The molecular weight excluding hydrogens is 226 g/mol. The van der Waals surface area contributed by atoms with Gasteiger partial charge in [-0.15, -0.1) is 0 Å². The second-order valence-electron chi connectivity index (χ2n) is 5.07. The number of nitrogens with two attached hydrogens (primary N) is 1. The lowest BCUT2D eigenvalue weighted by molar-refractivity contribution is 0.117. The third kappa shape index (κ3) is 3.68. The van der Waals surface area contributed by atoms with E-state index in [1.165, 1.54) is 37.7 Å². The van der Waals surface area contributed by atoms with Crippen molar-refractivity contribution < 1.29 is 5.11 Å². The summed E-state index contributed by atoms with van der Waals surface area (Å²) in [5.74, 6) is 0.570. The second kappa shape index (κ2) is 6.71. The molecule has 0 atom stereocenters. The number of aromatic nitrogens is 1. The number of aliphatic hydroxyl groups is 1. The van der Waals surface area contributed by atoms with Gasteiger partial charge < -0.3 is 10.8 Å². The molecule has 0 aliphatic heterocycles. The largest absolute Gasteiger partial charge is 0.395 e. The van der Waals surface area contributed by atoms with Crippen LogP contribution in [-0.4, -0.2) is 34.2 Å². The summed E-state index contributed by atoms with van der Waals surface area (Å²) in [6, 6.07) is 4.54. The molecule has 0 bridgehead atoms. The van der Waals surface area contributed by atoms with Crippen LogP contribution < -0.4 is 5.73 Å². The lowest BCUT2D eigenvalue weighted by Gasteiger charge is -2.34. The standard InChI is InChI=1S/C14H23N3O/c15-14-10-12(6-7-16-14)11-17(8-9-18)13-4-2-1-3-5-13/h6-7,10,13,18H,1-5,8-9,11H2,(H2,15,16). The molecule has 0 aromatic carbocycles. The minimum absolute atomic E-state index is 0.219. The third-order valence-corrected chi connectivity index (χ3v) is 3.71. The Morgan fingerprint density at radius 1 is 1.33 bits per heavy atom. The summed E-state index contributed by atoms with van der Waals surface area (Å²) in [5, 5.41) is 9.22. The Balaban J connectivity index is 2.00. The molecule has 0 radical (unpaired) electrons. The number of anilines is 1. The lowest BCUT2D eigenvalue weighted by atomic mass is 9.94. The molecule has 18 heavy (non-hydrogen) atoms. The van der Waals surface area contributed by atoms with Gasteiger partial charge in [-0.1, -0.05) is 19.3 Å². The van der Waals surface area contributed by atoms with Gasteiger partial charge in [-0.3, -0.25) is 4.90 Å². The van der Waals surface area contributed by atoms with Gasteiger partial charge in [-0.2, -0.15) is 0 Å². The highest BCUT2D eigenvalue weighted by Gasteiger charge is 2.20. The molecule has 1 aromatic heterocycles. The number of hydrogen-bond donors (Lipinski definition) is 2. The van der Waals surface area contributed by atoms with Gasteiger partial charge in [-0.25, -0.2) is 4.98 Å². The molecule has 1 saturated carbocycles. The molecule has 1 fully saturated rings. The van der Waals surface area contributed by atoms with E-state index in [2.05, 4.69) is 9.88 Å². The molecule has 1 aliphatic rings. The van der Waals surface area contributed by atoms with Crippen molar-refractivity contribution in [1.82, 2.24) is 9.88 Å².